The fraction of sp³-hybridized carbons (Fsp3) is 0.600. The van der Waals surface area contributed by atoms with Gasteiger partial charge < -0.3 is 24.2 Å². The molecule has 3 saturated carbocycles. The van der Waals surface area contributed by atoms with Crippen LogP contribution in [-0.2, 0) is 35.3 Å². The van der Waals surface area contributed by atoms with E-state index in [-0.39, 0.29) is 31.0 Å². The number of esters is 1. The van der Waals surface area contributed by atoms with Gasteiger partial charge in [0.05, 0.1) is 6.10 Å². The Hall–Kier alpha value is -4.13. The van der Waals surface area contributed by atoms with E-state index in [9.17, 15) is 34.4 Å². The molecular weight excluding hydrogens is 629 g/mol. The lowest BCUT2D eigenvalue weighted by molar-refractivity contribution is -0.763. The van der Waals surface area contributed by atoms with Crippen LogP contribution < -0.4 is 4.74 Å². The topological polar surface area (TPSA) is 169 Å². The summed E-state index contributed by atoms with van der Waals surface area (Å²) in [4.78, 5) is 67.4. The van der Waals surface area contributed by atoms with Crippen LogP contribution in [0.3, 0.4) is 0 Å². The number of nitrogens with zero attached hydrogens (tertiary/aromatic N) is 1. The first-order chi connectivity index (χ1) is 22.6. The number of benzene rings is 1. The molecule has 13 heteroatoms. The maximum atomic E-state index is 17.7. The number of ketones is 2. The lowest BCUT2D eigenvalue weighted by Crippen LogP contribution is -2.70. The number of aliphatic hydroxyl groups excluding tert-OH is 1. The van der Waals surface area contributed by atoms with Crippen molar-refractivity contribution < 1.29 is 52.8 Å². The average Bonchev–Trinajstić information content (AvgIpc) is 3.25. The molecule has 0 saturated heterocycles. The molecule has 0 aliphatic heterocycles. The van der Waals surface area contributed by atoms with Crippen LogP contribution in [0.2, 0.25) is 0 Å². The molecule has 3 fully saturated rings. The minimum atomic E-state index is -2.15. The van der Waals surface area contributed by atoms with E-state index >= 15 is 4.39 Å². The summed E-state index contributed by atoms with van der Waals surface area (Å²) in [6.45, 7) is 5.91. The fourth-order valence-electron chi connectivity index (χ4n) is 9.13. The number of alkyl halides is 1. The Morgan fingerprint density at radius 2 is 1.94 bits per heavy atom. The van der Waals surface area contributed by atoms with E-state index in [2.05, 4.69) is 4.84 Å². The van der Waals surface area contributed by atoms with Crippen LogP contribution >= 0.6 is 0 Å². The van der Waals surface area contributed by atoms with Crippen molar-refractivity contribution in [3.05, 3.63) is 63.7 Å². The van der Waals surface area contributed by atoms with E-state index in [1.165, 1.54) is 36.4 Å². The average molecular weight is 672 g/mol. The minimum Gasteiger partial charge on any atom is -0.450 e. The number of allylic oxidation sites excluding steroid dienone is 4. The summed E-state index contributed by atoms with van der Waals surface area (Å²) in [6, 6.07) is 5.77. The van der Waals surface area contributed by atoms with Crippen molar-refractivity contribution in [3.63, 3.8) is 0 Å². The van der Waals surface area contributed by atoms with Crippen LogP contribution in [-0.4, -0.2) is 57.9 Å². The van der Waals surface area contributed by atoms with E-state index in [4.69, 9.17) is 14.2 Å². The van der Waals surface area contributed by atoms with Gasteiger partial charge in [0, 0.05) is 29.1 Å². The number of carbonyl (C=O) groups excluding carboxylic acids is 4. The highest BCUT2D eigenvalue weighted by Gasteiger charge is 2.77. The standard InChI is InChI=1S/C35H42FNO11/c1-5-6-10-30(41)48-35(29(40)20-45-31(42)47-25-9-7-8-22(16-25)19-46-37(43)44)21(2)15-27-26-12-11-23-17-24(38)13-14-32(23,3)34(26,36)28(39)18-33(27,35)4/h7-9,13-14,16-17,21,26-28,39H,5-6,10-12,15,18-20H2,1-4H3/t21-,26?,27-,28-,32-,33-,34-,35-/m0/s1. The second-order valence-corrected chi connectivity index (χ2v) is 13.9. The molecule has 1 aromatic carbocycles. The number of halogens is 1. The molecule has 4 aliphatic carbocycles. The summed E-state index contributed by atoms with van der Waals surface area (Å²) in [6.07, 6.45) is 3.65. The molecule has 12 nitrogen and oxygen atoms in total. The summed E-state index contributed by atoms with van der Waals surface area (Å²) in [5.41, 5.74) is -5.49. The van der Waals surface area contributed by atoms with Gasteiger partial charge in [0.25, 0.3) is 5.09 Å². The number of Topliss-reactive ketones (excluding diaryl/α,β-unsaturated/α-hetero) is 1. The molecule has 8 atom stereocenters. The van der Waals surface area contributed by atoms with E-state index in [1.807, 2.05) is 6.92 Å². The van der Waals surface area contributed by atoms with Crippen molar-refractivity contribution in [2.24, 2.45) is 28.6 Å². The summed E-state index contributed by atoms with van der Waals surface area (Å²) in [7, 11) is 0. The molecule has 48 heavy (non-hydrogen) atoms. The van der Waals surface area contributed by atoms with Gasteiger partial charge in [0.2, 0.25) is 5.78 Å². The molecule has 0 radical (unpaired) electrons. The molecule has 0 amide bonds. The van der Waals surface area contributed by atoms with E-state index in [1.54, 1.807) is 26.8 Å². The fourth-order valence-corrected chi connectivity index (χ4v) is 9.13. The van der Waals surface area contributed by atoms with Crippen LogP contribution in [0.5, 0.6) is 5.75 Å². The van der Waals surface area contributed by atoms with Crippen molar-refractivity contribution >= 4 is 23.7 Å². The molecule has 4 aliphatic rings. The van der Waals surface area contributed by atoms with Gasteiger partial charge in [0.15, 0.2) is 23.7 Å². The van der Waals surface area contributed by atoms with Crippen molar-refractivity contribution in [1.82, 2.24) is 0 Å². The highest BCUT2D eigenvalue weighted by molar-refractivity contribution is 6.01. The van der Waals surface area contributed by atoms with Gasteiger partial charge >= 0.3 is 12.1 Å². The SMILES string of the molecule is CCCCC(=O)O[C@]1(C(=O)COC(=O)Oc2cccc(CO[N+](=O)[O-])c2)[C@@H](C)C[C@H]2C3CCC4=CC(=O)C=C[C@]4(C)[C@@]3(F)[C@@H](O)C[C@@]21C. The predicted octanol–water partition coefficient (Wildman–Crippen LogP) is 5.57. The quantitative estimate of drug-likeness (QED) is 0.135. The Bertz CT molecular complexity index is 1560. The number of rotatable bonds is 11. The molecule has 1 N–H and O–H groups in total. The maximum absolute atomic E-state index is 17.7. The van der Waals surface area contributed by atoms with Crippen LogP contribution in [0.4, 0.5) is 9.18 Å². The van der Waals surface area contributed by atoms with Crippen LogP contribution in [0.25, 0.3) is 0 Å². The molecule has 5 rings (SSSR count). The second-order valence-electron chi connectivity index (χ2n) is 13.9. The van der Waals surface area contributed by atoms with E-state index in [0.29, 0.717) is 43.2 Å². The van der Waals surface area contributed by atoms with Crippen molar-refractivity contribution in [2.75, 3.05) is 6.61 Å². The largest absolute Gasteiger partial charge is 0.514 e. The van der Waals surface area contributed by atoms with Gasteiger partial charge in [-0.25, -0.2) is 9.18 Å². The Morgan fingerprint density at radius 3 is 2.65 bits per heavy atom. The van der Waals surface area contributed by atoms with Gasteiger partial charge in [-0.1, -0.05) is 51.0 Å². The van der Waals surface area contributed by atoms with Gasteiger partial charge in [-0.2, -0.15) is 0 Å². The first-order valence-electron chi connectivity index (χ1n) is 16.4. The third-order valence-electron chi connectivity index (χ3n) is 11.4. The monoisotopic (exact) mass is 671 g/mol. The number of ether oxygens (including phenoxy) is 3. The lowest BCUT2D eigenvalue weighted by Gasteiger charge is -2.62. The third kappa shape index (κ3) is 5.69. The number of unbranched alkanes of at least 4 members (excludes halogenated alkanes) is 1. The van der Waals surface area contributed by atoms with E-state index in [0.717, 1.165) is 0 Å². The molecule has 0 spiro atoms. The second kappa shape index (κ2) is 13.1. The summed E-state index contributed by atoms with van der Waals surface area (Å²) in [5, 5.41) is 21.3. The zero-order valence-corrected chi connectivity index (χ0v) is 27.6. The third-order valence-corrected chi connectivity index (χ3v) is 11.4. The minimum absolute atomic E-state index is 0.00812. The highest BCUT2D eigenvalue weighted by atomic mass is 19.1. The Labute approximate surface area is 277 Å². The first-order valence-corrected chi connectivity index (χ1v) is 16.4. The van der Waals surface area contributed by atoms with Crippen LogP contribution in [0.15, 0.2) is 48.1 Å². The summed E-state index contributed by atoms with van der Waals surface area (Å²) < 4.78 is 34.3. The maximum Gasteiger partial charge on any atom is 0.514 e. The Balaban J connectivity index is 1.42. The molecule has 260 valence electrons. The number of fused-ring (bicyclic) bond motifs is 5. The van der Waals surface area contributed by atoms with Crippen molar-refractivity contribution in [1.29, 1.82) is 0 Å². The molecule has 0 bridgehead atoms. The molecule has 1 aromatic rings. The smallest absolute Gasteiger partial charge is 0.450 e. The van der Waals surface area contributed by atoms with Gasteiger partial charge in [-0.15, -0.1) is 10.1 Å². The number of hydrogen-bond acceptors (Lipinski definition) is 11. The lowest BCUT2D eigenvalue weighted by atomic mass is 9.44. The predicted molar refractivity (Wildman–Crippen MR) is 166 cm³/mol. The van der Waals surface area contributed by atoms with Crippen LogP contribution in [0, 0.1) is 38.7 Å². The number of aliphatic hydroxyl groups is 1. The van der Waals surface area contributed by atoms with E-state index < -0.39 is 75.6 Å². The molecule has 1 unspecified atom stereocenters. The number of hydrogen-bond donors (Lipinski definition) is 1. The zero-order chi connectivity index (χ0) is 35.1. The Kier molecular flexibility index (Phi) is 9.57. The summed E-state index contributed by atoms with van der Waals surface area (Å²) in [5.74, 6) is -3.40. The van der Waals surface area contributed by atoms with Crippen molar-refractivity contribution in [2.45, 2.75) is 96.6 Å². The van der Waals surface area contributed by atoms with Gasteiger partial charge in [-0.05, 0) is 74.8 Å². The van der Waals surface area contributed by atoms with Gasteiger partial charge in [-0.3, -0.25) is 14.4 Å². The molecular formula is C35H42FNO11. The number of carbonyl (C=O) groups is 4. The highest BCUT2D eigenvalue weighted by Crippen LogP contribution is 2.71. The van der Waals surface area contributed by atoms with Crippen molar-refractivity contribution in [3.8, 4) is 5.75 Å². The normalized spacial score (nSPS) is 35.0. The Morgan fingerprint density at radius 1 is 1.19 bits per heavy atom. The summed E-state index contributed by atoms with van der Waals surface area (Å²) >= 11 is 0. The zero-order valence-electron chi connectivity index (χ0n) is 27.6. The first kappa shape index (κ1) is 35.2. The van der Waals surface area contributed by atoms with Crippen LogP contribution in [0.1, 0.15) is 78.2 Å². The molecule has 0 heterocycles. The molecule has 0 aromatic heterocycles. The van der Waals surface area contributed by atoms with Gasteiger partial charge in [0.1, 0.15) is 12.4 Å².